The third kappa shape index (κ3) is 10.4. The largest absolute Gasteiger partial charge is 0.268 e. The monoisotopic (exact) mass is 224 g/mol. The van der Waals surface area contributed by atoms with Crippen LogP contribution in [0, 0.1) is 4.91 Å². The summed E-state index contributed by atoms with van der Waals surface area (Å²) in [5.41, 5.74) is 2.68. The summed E-state index contributed by atoms with van der Waals surface area (Å²) in [6.07, 6.45) is 9.56. The van der Waals surface area contributed by atoms with Gasteiger partial charge in [-0.05, 0) is 25.0 Å². The lowest BCUT2D eigenvalue weighted by Crippen LogP contribution is -2.12. The molecule has 0 unspecified atom stereocenters. The van der Waals surface area contributed by atoms with Gasteiger partial charge in [0.2, 0.25) is 0 Å². The Hall–Kier alpha value is -1.71. The maximum atomic E-state index is 10.8. The lowest BCUT2D eigenvalue weighted by molar-refractivity contribution is -0.116. The average Bonchev–Trinajstić information content (AvgIpc) is 2.32. The first-order valence-electron chi connectivity index (χ1n) is 5.37. The minimum Gasteiger partial charge on any atom is -0.268 e. The molecule has 1 amide bonds. The third-order valence-electron chi connectivity index (χ3n) is 1.46. The van der Waals surface area contributed by atoms with Crippen molar-refractivity contribution in [2.75, 3.05) is 0 Å². The summed E-state index contributed by atoms with van der Waals surface area (Å²) < 4.78 is 0. The van der Waals surface area contributed by atoms with Crippen molar-refractivity contribution in [2.24, 2.45) is 5.29 Å². The van der Waals surface area contributed by atoms with Crippen LogP contribution in [0.5, 0.6) is 0 Å². The molecule has 0 aliphatic rings. The molecular formula is C12H20N2O2. The molecule has 0 aliphatic heterocycles. The van der Waals surface area contributed by atoms with E-state index in [1.54, 1.807) is 11.5 Å². The molecule has 0 saturated heterocycles. The Balaban J connectivity index is 0. The number of nitrogens with one attached hydrogen (secondary N) is 1. The van der Waals surface area contributed by atoms with Crippen molar-refractivity contribution >= 4 is 5.91 Å². The van der Waals surface area contributed by atoms with Gasteiger partial charge in [0, 0.05) is 6.08 Å². The molecule has 90 valence electrons. The summed E-state index contributed by atoms with van der Waals surface area (Å²) in [6, 6.07) is 0. The number of nitrogens with zero attached hydrogens (tertiary/aromatic N) is 1. The minimum absolute atomic E-state index is 0.524. The van der Waals surface area contributed by atoms with Gasteiger partial charge < -0.3 is 0 Å². The molecule has 0 heterocycles. The SMILES string of the molecule is C/C=C(\C=C/CC)/C=C/C(=O)NN=O.CC. The van der Waals surface area contributed by atoms with Gasteiger partial charge in [0.1, 0.15) is 0 Å². The summed E-state index contributed by atoms with van der Waals surface area (Å²) in [5.74, 6) is -0.524. The van der Waals surface area contributed by atoms with Crippen molar-refractivity contribution in [3.8, 4) is 0 Å². The average molecular weight is 224 g/mol. The van der Waals surface area contributed by atoms with Crippen LogP contribution in [0.15, 0.2) is 41.2 Å². The fourth-order valence-electron chi connectivity index (χ4n) is 0.756. The van der Waals surface area contributed by atoms with Gasteiger partial charge in [-0.2, -0.15) is 0 Å². The molecule has 4 nitrogen and oxygen atoms in total. The number of rotatable bonds is 5. The van der Waals surface area contributed by atoms with Crippen LogP contribution < -0.4 is 5.43 Å². The van der Waals surface area contributed by atoms with Crippen LogP contribution in [-0.4, -0.2) is 5.91 Å². The smallest absolute Gasteiger partial charge is 0.266 e. The predicted octanol–water partition coefficient (Wildman–Crippen LogP) is 3.28. The maximum Gasteiger partial charge on any atom is 0.266 e. The lowest BCUT2D eigenvalue weighted by Gasteiger charge is -1.91. The standard InChI is InChI=1S/C10H14N2O2.C2H6/c1-3-5-6-9(4-2)7-8-10(13)11-12-14;1-2/h4-8H,3H2,1-2H3,(H,11,13,14);1-2H3/b6-5-,8-7+,9-4+;. The fraction of sp³-hybridized carbons (Fsp3) is 0.417. The Morgan fingerprint density at radius 3 is 2.31 bits per heavy atom. The van der Waals surface area contributed by atoms with E-state index in [-0.39, 0.29) is 0 Å². The molecule has 0 rings (SSSR count). The van der Waals surface area contributed by atoms with Crippen LogP contribution in [0.1, 0.15) is 34.1 Å². The van der Waals surface area contributed by atoms with Crippen LogP contribution >= 0.6 is 0 Å². The Morgan fingerprint density at radius 1 is 1.25 bits per heavy atom. The molecule has 1 N–H and O–H groups in total. The third-order valence-corrected chi connectivity index (χ3v) is 1.46. The van der Waals surface area contributed by atoms with Crippen molar-refractivity contribution in [2.45, 2.75) is 34.1 Å². The first kappa shape index (κ1) is 16.7. The lowest BCUT2D eigenvalue weighted by atomic mass is 10.2. The molecule has 0 spiro atoms. The highest BCUT2D eigenvalue weighted by Crippen LogP contribution is 1.99. The molecule has 0 aliphatic carbocycles. The van der Waals surface area contributed by atoms with Crippen LogP contribution in [0.3, 0.4) is 0 Å². The van der Waals surface area contributed by atoms with Gasteiger partial charge >= 0.3 is 0 Å². The molecule has 0 saturated carbocycles. The Labute approximate surface area is 97.1 Å². The zero-order valence-electron chi connectivity index (χ0n) is 10.4. The summed E-state index contributed by atoms with van der Waals surface area (Å²) in [6.45, 7) is 7.89. The van der Waals surface area contributed by atoms with E-state index in [1.807, 2.05) is 45.9 Å². The number of carbonyl (C=O) groups excluding carboxylic acids is 1. The zero-order valence-corrected chi connectivity index (χ0v) is 10.4. The highest BCUT2D eigenvalue weighted by Gasteiger charge is 1.91. The summed E-state index contributed by atoms with van der Waals surface area (Å²) >= 11 is 0. The second kappa shape index (κ2) is 13.3. The molecule has 0 fully saturated rings. The van der Waals surface area contributed by atoms with Crippen molar-refractivity contribution in [1.29, 1.82) is 0 Å². The van der Waals surface area contributed by atoms with E-state index in [4.69, 9.17) is 0 Å². The number of hydrogen-bond acceptors (Lipinski definition) is 3. The van der Waals surface area contributed by atoms with E-state index in [9.17, 15) is 9.70 Å². The molecule has 0 aromatic carbocycles. The van der Waals surface area contributed by atoms with E-state index in [2.05, 4.69) is 5.29 Å². The van der Waals surface area contributed by atoms with Crippen LogP contribution in [0.25, 0.3) is 0 Å². The van der Waals surface area contributed by atoms with Crippen molar-refractivity contribution in [1.82, 2.24) is 5.43 Å². The van der Waals surface area contributed by atoms with Gasteiger partial charge in [-0.1, -0.05) is 39.0 Å². The van der Waals surface area contributed by atoms with Crippen LogP contribution in [0.2, 0.25) is 0 Å². The first-order valence-corrected chi connectivity index (χ1v) is 5.37. The number of nitroso groups, excluding NO2 is 1. The van der Waals surface area contributed by atoms with Crippen LogP contribution in [0.4, 0.5) is 0 Å². The molecule has 0 radical (unpaired) electrons. The van der Waals surface area contributed by atoms with Gasteiger partial charge in [-0.15, -0.1) is 4.91 Å². The Kier molecular flexibility index (Phi) is 13.9. The van der Waals surface area contributed by atoms with E-state index in [0.717, 1.165) is 12.0 Å². The Morgan fingerprint density at radius 2 is 1.88 bits per heavy atom. The predicted molar refractivity (Wildman–Crippen MR) is 67.6 cm³/mol. The second-order valence-electron chi connectivity index (χ2n) is 2.50. The van der Waals surface area contributed by atoms with Gasteiger partial charge in [0.15, 0.2) is 0 Å². The number of carbonyl (C=O) groups is 1. The van der Waals surface area contributed by atoms with E-state index in [1.165, 1.54) is 6.08 Å². The maximum absolute atomic E-state index is 10.8. The number of amides is 1. The van der Waals surface area contributed by atoms with Crippen molar-refractivity contribution in [3.05, 3.63) is 40.9 Å². The van der Waals surface area contributed by atoms with Crippen molar-refractivity contribution < 1.29 is 4.79 Å². The van der Waals surface area contributed by atoms with Gasteiger partial charge in [-0.25, -0.2) is 5.43 Å². The number of allylic oxidation sites excluding steroid dienone is 5. The van der Waals surface area contributed by atoms with Gasteiger partial charge in [0.25, 0.3) is 5.91 Å². The molecule has 0 aromatic heterocycles. The number of hydrogen-bond donors (Lipinski definition) is 1. The first-order chi connectivity index (χ1) is 7.74. The second-order valence-corrected chi connectivity index (χ2v) is 2.50. The highest BCUT2D eigenvalue weighted by molar-refractivity contribution is 5.87. The summed E-state index contributed by atoms with van der Waals surface area (Å²) in [4.78, 5) is 20.5. The summed E-state index contributed by atoms with van der Waals surface area (Å²) in [7, 11) is 0. The normalized spacial score (nSPS) is 11.1. The molecule has 0 atom stereocenters. The van der Waals surface area contributed by atoms with Crippen molar-refractivity contribution in [3.63, 3.8) is 0 Å². The fourth-order valence-corrected chi connectivity index (χ4v) is 0.756. The Bertz CT molecular complexity index is 279. The zero-order chi connectivity index (χ0) is 12.8. The molecule has 16 heavy (non-hydrogen) atoms. The van der Waals surface area contributed by atoms with Crippen LogP contribution in [-0.2, 0) is 4.79 Å². The topological polar surface area (TPSA) is 58.5 Å². The molecule has 0 aromatic rings. The van der Waals surface area contributed by atoms with E-state index < -0.39 is 5.91 Å². The van der Waals surface area contributed by atoms with E-state index in [0.29, 0.717) is 0 Å². The quantitative estimate of drug-likeness (QED) is 0.337. The molecule has 4 heteroatoms. The van der Waals surface area contributed by atoms with E-state index >= 15 is 0 Å². The summed E-state index contributed by atoms with van der Waals surface area (Å²) in [5, 5.41) is 2.26. The van der Waals surface area contributed by atoms with Gasteiger partial charge in [0.05, 0.1) is 5.29 Å². The molecule has 0 bridgehead atoms. The highest BCUT2D eigenvalue weighted by atomic mass is 16.3. The molecular weight excluding hydrogens is 204 g/mol. The van der Waals surface area contributed by atoms with Gasteiger partial charge in [-0.3, -0.25) is 4.79 Å². The minimum atomic E-state index is -0.524.